The van der Waals surface area contributed by atoms with Gasteiger partial charge in [-0.15, -0.1) is 0 Å². The molecule has 5 heteroatoms. The van der Waals surface area contributed by atoms with Crippen LogP contribution in [0.25, 0.3) is 0 Å². The molecule has 0 aliphatic carbocycles. The van der Waals surface area contributed by atoms with E-state index in [9.17, 15) is 9.90 Å². The minimum atomic E-state index is -0.763. The van der Waals surface area contributed by atoms with E-state index >= 15 is 0 Å². The van der Waals surface area contributed by atoms with Crippen molar-refractivity contribution < 1.29 is 14.6 Å². The van der Waals surface area contributed by atoms with Gasteiger partial charge in [0.2, 0.25) is 0 Å². The molecule has 0 heterocycles. The third kappa shape index (κ3) is 9.31. The second-order valence-electron chi connectivity index (χ2n) is 10.4. The Balaban J connectivity index is 2.31. The number of benzene rings is 2. The van der Waals surface area contributed by atoms with E-state index in [4.69, 9.17) is 4.74 Å². The SMILES string of the molecule is CC(=C=COC(=O)N(C(C)C)C(C)C)[C@@H](O)[C@H](CC(C)C)N(Cc1ccccc1)Cc1ccccc1. The van der Waals surface area contributed by atoms with E-state index < -0.39 is 12.2 Å². The van der Waals surface area contributed by atoms with Crippen LogP contribution in [0.3, 0.4) is 0 Å². The molecule has 36 heavy (non-hydrogen) atoms. The molecule has 0 aliphatic heterocycles. The number of aliphatic hydroxyl groups excluding tert-OH is 1. The lowest BCUT2D eigenvalue weighted by molar-refractivity contribution is 0.0480. The van der Waals surface area contributed by atoms with Crippen molar-refractivity contribution in [2.45, 2.75) is 92.2 Å². The van der Waals surface area contributed by atoms with E-state index in [0.29, 0.717) is 24.6 Å². The molecule has 0 radical (unpaired) electrons. The maximum absolute atomic E-state index is 12.5. The lowest BCUT2D eigenvalue weighted by Crippen LogP contribution is -2.44. The Labute approximate surface area is 218 Å². The highest BCUT2D eigenvalue weighted by molar-refractivity contribution is 5.68. The van der Waals surface area contributed by atoms with Gasteiger partial charge >= 0.3 is 6.09 Å². The summed E-state index contributed by atoms with van der Waals surface area (Å²) in [5.74, 6) is 0.388. The molecule has 196 valence electrons. The molecule has 2 aromatic carbocycles. The number of carbonyl (C=O) groups is 1. The molecule has 2 aromatic rings. The van der Waals surface area contributed by atoms with E-state index in [1.165, 1.54) is 17.4 Å². The van der Waals surface area contributed by atoms with E-state index in [1.54, 1.807) is 4.90 Å². The second kappa shape index (κ2) is 14.6. The first kappa shape index (κ1) is 29.4. The Kier molecular flexibility index (Phi) is 12.0. The van der Waals surface area contributed by atoms with Gasteiger partial charge in [0.25, 0.3) is 0 Å². The first-order valence-electron chi connectivity index (χ1n) is 13.0. The second-order valence-corrected chi connectivity index (χ2v) is 10.4. The van der Waals surface area contributed by atoms with Crippen molar-refractivity contribution in [1.29, 1.82) is 0 Å². The van der Waals surface area contributed by atoms with Gasteiger partial charge < -0.3 is 14.7 Å². The van der Waals surface area contributed by atoms with E-state index in [2.05, 4.69) is 48.7 Å². The molecule has 5 nitrogen and oxygen atoms in total. The molecule has 0 saturated heterocycles. The number of carbonyl (C=O) groups excluding carboxylic acids is 1. The van der Waals surface area contributed by atoms with Gasteiger partial charge in [0.15, 0.2) is 0 Å². The monoisotopic (exact) mass is 492 g/mol. The van der Waals surface area contributed by atoms with Crippen LogP contribution in [0.15, 0.2) is 78.2 Å². The van der Waals surface area contributed by atoms with Crippen LogP contribution in [0.5, 0.6) is 0 Å². The highest BCUT2D eigenvalue weighted by Crippen LogP contribution is 2.24. The first-order valence-corrected chi connectivity index (χ1v) is 13.0. The van der Waals surface area contributed by atoms with Crippen LogP contribution in [0.4, 0.5) is 4.79 Å². The van der Waals surface area contributed by atoms with Crippen LogP contribution >= 0.6 is 0 Å². The van der Waals surface area contributed by atoms with Crippen LogP contribution in [-0.4, -0.2) is 45.2 Å². The Hall–Kier alpha value is -2.85. The molecule has 0 spiro atoms. The molecule has 1 amide bonds. The lowest BCUT2D eigenvalue weighted by Gasteiger charge is -2.36. The summed E-state index contributed by atoms with van der Waals surface area (Å²) >= 11 is 0. The summed E-state index contributed by atoms with van der Waals surface area (Å²) in [6.45, 7) is 15.5. The number of amides is 1. The third-order valence-electron chi connectivity index (χ3n) is 6.22. The molecular weight excluding hydrogens is 448 g/mol. The third-order valence-corrected chi connectivity index (χ3v) is 6.22. The Morgan fingerprint density at radius 1 is 0.889 bits per heavy atom. The van der Waals surface area contributed by atoms with Gasteiger partial charge in [-0.2, -0.15) is 0 Å². The van der Waals surface area contributed by atoms with Crippen molar-refractivity contribution in [3.63, 3.8) is 0 Å². The molecule has 0 bridgehead atoms. The van der Waals surface area contributed by atoms with Gasteiger partial charge in [0.1, 0.15) is 6.26 Å². The van der Waals surface area contributed by atoms with Crippen LogP contribution in [-0.2, 0) is 17.8 Å². The number of hydrogen-bond donors (Lipinski definition) is 1. The molecule has 0 saturated carbocycles. The fraction of sp³-hybridized carbons (Fsp3) is 0.484. The molecule has 0 aromatic heterocycles. The quantitative estimate of drug-likeness (QED) is 0.262. The van der Waals surface area contributed by atoms with Gasteiger partial charge in [-0.25, -0.2) is 4.79 Å². The van der Waals surface area contributed by atoms with Crippen molar-refractivity contribution in [3.8, 4) is 0 Å². The molecule has 1 N–H and O–H groups in total. The minimum Gasteiger partial charge on any atom is -0.410 e. The van der Waals surface area contributed by atoms with Crippen molar-refractivity contribution in [2.75, 3.05) is 0 Å². The summed E-state index contributed by atoms with van der Waals surface area (Å²) in [5.41, 5.74) is 6.06. The number of hydrogen-bond acceptors (Lipinski definition) is 4. The summed E-state index contributed by atoms with van der Waals surface area (Å²) < 4.78 is 5.37. The van der Waals surface area contributed by atoms with Crippen LogP contribution in [0.1, 0.15) is 66.0 Å². The van der Waals surface area contributed by atoms with Crippen LogP contribution in [0, 0.1) is 5.92 Å². The summed E-state index contributed by atoms with van der Waals surface area (Å²) in [5, 5.41) is 11.5. The summed E-state index contributed by atoms with van der Waals surface area (Å²) in [6, 6.07) is 20.6. The van der Waals surface area contributed by atoms with Crippen LogP contribution < -0.4 is 0 Å². The number of rotatable bonds is 12. The van der Waals surface area contributed by atoms with Crippen LogP contribution in [0.2, 0.25) is 0 Å². The average Bonchev–Trinajstić information content (AvgIpc) is 2.82. The number of nitrogens with zero attached hydrogens (tertiary/aromatic N) is 2. The molecule has 0 fully saturated rings. The molecule has 2 rings (SSSR count). The first-order chi connectivity index (χ1) is 17.1. The number of aliphatic hydroxyl groups is 1. The Morgan fingerprint density at radius 2 is 1.36 bits per heavy atom. The zero-order chi connectivity index (χ0) is 26.7. The largest absolute Gasteiger partial charge is 0.415 e. The fourth-order valence-corrected chi connectivity index (χ4v) is 4.51. The minimum absolute atomic E-state index is 0.0292. The van der Waals surface area contributed by atoms with Gasteiger partial charge in [0, 0.05) is 36.8 Å². The zero-order valence-corrected chi connectivity index (χ0v) is 23.0. The van der Waals surface area contributed by atoms with Gasteiger partial charge in [-0.1, -0.05) is 80.2 Å². The van der Waals surface area contributed by atoms with Crippen molar-refractivity contribution in [1.82, 2.24) is 9.80 Å². The van der Waals surface area contributed by atoms with E-state index in [0.717, 1.165) is 6.42 Å². The normalized spacial score (nSPS) is 13.0. The van der Waals surface area contributed by atoms with Gasteiger partial charge in [0.05, 0.1) is 6.10 Å². The van der Waals surface area contributed by atoms with E-state index in [-0.39, 0.29) is 18.1 Å². The Morgan fingerprint density at radius 3 is 1.78 bits per heavy atom. The predicted octanol–water partition coefficient (Wildman–Crippen LogP) is 6.78. The Bertz CT molecular complexity index is 930. The molecular formula is C31H44N2O3. The maximum Gasteiger partial charge on any atom is 0.415 e. The predicted molar refractivity (Wildman–Crippen MR) is 147 cm³/mol. The maximum atomic E-state index is 12.5. The van der Waals surface area contributed by atoms with Crippen molar-refractivity contribution >= 4 is 6.09 Å². The van der Waals surface area contributed by atoms with Gasteiger partial charge in [-0.05, 0) is 58.1 Å². The van der Waals surface area contributed by atoms with E-state index in [1.807, 2.05) is 71.0 Å². The zero-order valence-electron chi connectivity index (χ0n) is 23.0. The lowest BCUT2D eigenvalue weighted by atomic mass is 9.93. The molecule has 0 unspecified atom stereocenters. The van der Waals surface area contributed by atoms with Crippen molar-refractivity contribution in [3.05, 3.63) is 89.4 Å². The summed E-state index contributed by atoms with van der Waals surface area (Å²) in [7, 11) is 0. The van der Waals surface area contributed by atoms with Crippen molar-refractivity contribution in [2.24, 2.45) is 5.92 Å². The highest BCUT2D eigenvalue weighted by Gasteiger charge is 2.28. The fourth-order valence-electron chi connectivity index (χ4n) is 4.51. The average molecular weight is 493 g/mol. The van der Waals surface area contributed by atoms with Gasteiger partial charge in [-0.3, -0.25) is 4.90 Å². The smallest absolute Gasteiger partial charge is 0.410 e. The summed E-state index contributed by atoms with van der Waals surface area (Å²) in [4.78, 5) is 16.5. The standard InChI is InChI=1S/C31H44N2O3/c1-23(2)20-29(30(34)26(7)18-19-36-31(35)33(24(3)4)25(5)6)32(21-27-14-10-8-11-15-27)22-28-16-12-9-13-17-28/h8-17,19,23-25,29-30,34H,20-22H2,1-7H3/t18?,29-,30+/m0/s1. The summed E-state index contributed by atoms with van der Waals surface area (Å²) in [6.07, 6.45) is 0.919. The highest BCUT2D eigenvalue weighted by atomic mass is 16.5. The number of ether oxygens (including phenoxy) is 1. The molecule has 0 aliphatic rings. The topological polar surface area (TPSA) is 53.0 Å². The molecule has 2 atom stereocenters.